The highest BCUT2D eigenvalue weighted by atomic mass is 16.6. The van der Waals surface area contributed by atoms with E-state index in [0.29, 0.717) is 51.8 Å². The summed E-state index contributed by atoms with van der Waals surface area (Å²) in [5.41, 5.74) is 1.20. The van der Waals surface area contributed by atoms with Crippen molar-refractivity contribution in [3.63, 3.8) is 0 Å². The van der Waals surface area contributed by atoms with E-state index in [9.17, 15) is 9.59 Å². The summed E-state index contributed by atoms with van der Waals surface area (Å²) in [4.78, 5) is 36.8. The molecule has 0 radical (unpaired) electrons. The maximum absolute atomic E-state index is 12.7. The molecular formula is C21H32N6O3. The number of amides is 2. The first-order chi connectivity index (χ1) is 14.6. The summed E-state index contributed by atoms with van der Waals surface area (Å²) in [6.07, 6.45) is -0.273. The van der Waals surface area contributed by atoms with Crippen LogP contribution in [0.4, 0.5) is 10.5 Å². The Labute approximate surface area is 178 Å². The highest BCUT2D eigenvalue weighted by Crippen LogP contribution is 2.15. The normalized spacial score (nSPS) is 17.7. The number of hydrogen-bond donors (Lipinski definition) is 1. The lowest BCUT2D eigenvalue weighted by Crippen LogP contribution is -2.56. The Bertz CT molecular complexity index is 726. The van der Waals surface area contributed by atoms with Gasteiger partial charge >= 0.3 is 6.09 Å². The first-order valence-electron chi connectivity index (χ1n) is 10.6. The molecule has 0 atom stereocenters. The molecule has 2 aliphatic rings. The molecule has 2 aliphatic heterocycles. The van der Waals surface area contributed by atoms with Crippen LogP contribution in [0.15, 0.2) is 35.3 Å². The molecular weight excluding hydrogens is 384 g/mol. The number of nitrogens with zero attached hydrogens (tertiary/aromatic N) is 5. The smallest absolute Gasteiger partial charge is 0.409 e. The van der Waals surface area contributed by atoms with Crippen LogP contribution in [0.2, 0.25) is 0 Å². The van der Waals surface area contributed by atoms with Gasteiger partial charge in [-0.25, -0.2) is 4.79 Å². The fourth-order valence-corrected chi connectivity index (χ4v) is 3.77. The Hall–Kier alpha value is -2.97. The molecule has 3 rings (SSSR count). The number of benzene rings is 1. The summed E-state index contributed by atoms with van der Waals surface area (Å²) in [6.45, 7) is 7.96. The molecule has 0 aliphatic carbocycles. The highest BCUT2D eigenvalue weighted by molar-refractivity contribution is 5.86. The zero-order valence-corrected chi connectivity index (χ0v) is 17.9. The van der Waals surface area contributed by atoms with Crippen molar-refractivity contribution in [2.75, 3.05) is 77.5 Å². The molecule has 0 bridgehead atoms. The van der Waals surface area contributed by atoms with E-state index in [2.05, 4.69) is 32.2 Å². The Morgan fingerprint density at radius 1 is 0.933 bits per heavy atom. The molecule has 0 saturated carbocycles. The number of rotatable bonds is 4. The Balaban J connectivity index is 1.41. The van der Waals surface area contributed by atoms with E-state index in [4.69, 9.17) is 4.74 Å². The standard InChI is InChI=1S/C21H32N6O3/c1-3-30-21(29)27-15-13-26(14-16-27)20(22-2)23-17-19(28)25-11-9-24(10-12-25)18-7-5-4-6-8-18/h4-8H,3,9-17H2,1-2H3,(H,22,23). The van der Waals surface area contributed by atoms with Crippen LogP contribution in [0.1, 0.15) is 6.92 Å². The quantitative estimate of drug-likeness (QED) is 0.575. The van der Waals surface area contributed by atoms with Crippen molar-refractivity contribution in [1.82, 2.24) is 20.0 Å². The number of anilines is 1. The van der Waals surface area contributed by atoms with Gasteiger partial charge in [0.2, 0.25) is 5.91 Å². The highest BCUT2D eigenvalue weighted by Gasteiger charge is 2.25. The number of ether oxygens (including phenoxy) is 1. The van der Waals surface area contributed by atoms with Gasteiger partial charge in [0.05, 0.1) is 13.2 Å². The Kier molecular flexibility index (Phi) is 7.75. The third kappa shape index (κ3) is 5.55. The third-order valence-corrected chi connectivity index (χ3v) is 5.47. The number of guanidine groups is 1. The SMILES string of the molecule is CCOC(=O)N1CCN(C(=NC)NCC(=O)N2CCN(c3ccccc3)CC2)CC1. The zero-order chi connectivity index (χ0) is 21.3. The van der Waals surface area contributed by atoms with Crippen LogP contribution in [0.3, 0.4) is 0 Å². The predicted octanol–water partition coefficient (Wildman–Crippen LogP) is 0.685. The van der Waals surface area contributed by atoms with Crippen molar-refractivity contribution in [3.8, 4) is 0 Å². The maximum Gasteiger partial charge on any atom is 0.409 e. The molecule has 2 saturated heterocycles. The zero-order valence-electron chi connectivity index (χ0n) is 17.9. The van der Waals surface area contributed by atoms with Crippen molar-refractivity contribution in [2.45, 2.75) is 6.92 Å². The Morgan fingerprint density at radius 3 is 2.13 bits per heavy atom. The molecule has 0 unspecified atom stereocenters. The summed E-state index contributed by atoms with van der Waals surface area (Å²) in [6, 6.07) is 10.3. The topological polar surface area (TPSA) is 80.7 Å². The van der Waals surface area contributed by atoms with E-state index in [1.165, 1.54) is 5.69 Å². The van der Waals surface area contributed by atoms with Crippen molar-refractivity contribution in [2.24, 2.45) is 4.99 Å². The second-order valence-corrected chi connectivity index (χ2v) is 7.28. The van der Waals surface area contributed by atoms with Gasteiger partial charge in [-0.1, -0.05) is 18.2 Å². The first-order valence-corrected chi connectivity index (χ1v) is 10.6. The average molecular weight is 417 g/mol. The van der Waals surface area contributed by atoms with Gasteiger partial charge in [-0.2, -0.15) is 0 Å². The number of aliphatic imine (C=N–C) groups is 1. The number of para-hydroxylation sites is 1. The monoisotopic (exact) mass is 416 g/mol. The maximum atomic E-state index is 12.7. The molecule has 0 aromatic heterocycles. The second kappa shape index (κ2) is 10.7. The summed E-state index contributed by atoms with van der Waals surface area (Å²) in [7, 11) is 1.71. The molecule has 9 heteroatoms. The fraction of sp³-hybridized carbons (Fsp3) is 0.571. The van der Waals surface area contributed by atoms with Gasteiger partial charge < -0.3 is 29.7 Å². The van der Waals surface area contributed by atoms with Crippen molar-refractivity contribution >= 4 is 23.6 Å². The van der Waals surface area contributed by atoms with Gasteiger partial charge in [-0.15, -0.1) is 0 Å². The predicted molar refractivity (Wildman–Crippen MR) is 117 cm³/mol. The van der Waals surface area contributed by atoms with Crippen LogP contribution >= 0.6 is 0 Å². The summed E-state index contributed by atoms with van der Waals surface area (Å²) in [5.74, 6) is 0.767. The largest absolute Gasteiger partial charge is 0.450 e. The second-order valence-electron chi connectivity index (χ2n) is 7.28. The first kappa shape index (κ1) is 21.7. The minimum atomic E-state index is -0.273. The molecule has 9 nitrogen and oxygen atoms in total. The van der Waals surface area contributed by atoms with Gasteiger partial charge in [0.1, 0.15) is 0 Å². The minimum absolute atomic E-state index is 0.0778. The van der Waals surface area contributed by atoms with E-state index < -0.39 is 0 Å². The number of piperazine rings is 2. The van der Waals surface area contributed by atoms with Gasteiger partial charge in [-0.05, 0) is 19.1 Å². The van der Waals surface area contributed by atoms with Gasteiger partial charge in [0, 0.05) is 65.1 Å². The molecule has 2 heterocycles. The van der Waals surface area contributed by atoms with E-state index >= 15 is 0 Å². The van der Waals surface area contributed by atoms with Crippen molar-refractivity contribution in [3.05, 3.63) is 30.3 Å². The van der Waals surface area contributed by atoms with E-state index in [0.717, 1.165) is 13.1 Å². The van der Waals surface area contributed by atoms with Gasteiger partial charge in [0.25, 0.3) is 0 Å². The number of carbonyl (C=O) groups excluding carboxylic acids is 2. The number of hydrogen-bond acceptors (Lipinski definition) is 5. The molecule has 0 spiro atoms. The van der Waals surface area contributed by atoms with Crippen LogP contribution in [0, 0.1) is 0 Å². The van der Waals surface area contributed by atoms with Crippen LogP contribution < -0.4 is 10.2 Å². The molecule has 30 heavy (non-hydrogen) atoms. The number of carbonyl (C=O) groups is 2. The van der Waals surface area contributed by atoms with E-state index in [-0.39, 0.29) is 18.5 Å². The summed E-state index contributed by atoms with van der Waals surface area (Å²) >= 11 is 0. The molecule has 1 N–H and O–H groups in total. The van der Waals surface area contributed by atoms with E-state index in [1.807, 2.05) is 23.1 Å². The van der Waals surface area contributed by atoms with Gasteiger partial charge in [0.15, 0.2) is 5.96 Å². The van der Waals surface area contributed by atoms with Crippen LogP contribution in [0.25, 0.3) is 0 Å². The molecule has 2 amide bonds. The lowest BCUT2D eigenvalue weighted by molar-refractivity contribution is -0.130. The lowest BCUT2D eigenvalue weighted by Gasteiger charge is -2.37. The minimum Gasteiger partial charge on any atom is -0.450 e. The van der Waals surface area contributed by atoms with Crippen LogP contribution in [-0.2, 0) is 9.53 Å². The lowest BCUT2D eigenvalue weighted by atomic mass is 10.2. The van der Waals surface area contributed by atoms with Crippen molar-refractivity contribution < 1.29 is 14.3 Å². The Morgan fingerprint density at radius 2 is 1.53 bits per heavy atom. The molecule has 1 aromatic rings. The van der Waals surface area contributed by atoms with Crippen molar-refractivity contribution in [1.29, 1.82) is 0 Å². The fourth-order valence-electron chi connectivity index (χ4n) is 3.77. The van der Waals surface area contributed by atoms with Gasteiger partial charge in [-0.3, -0.25) is 9.79 Å². The van der Waals surface area contributed by atoms with Crippen LogP contribution in [0.5, 0.6) is 0 Å². The molecule has 2 fully saturated rings. The summed E-state index contributed by atoms with van der Waals surface area (Å²) in [5, 5.41) is 3.18. The average Bonchev–Trinajstić information content (AvgIpc) is 2.80. The van der Waals surface area contributed by atoms with E-state index in [1.54, 1.807) is 18.9 Å². The van der Waals surface area contributed by atoms with Crippen LogP contribution in [-0.4, -0.2) is 105 Å². The molecule has 1 aromatic carbocycles. The third-order valence-electron chi connectivity index (χ3n) is 5.47. The molecule has 164 valence electrons. The number of nitrogens with one attached hydrogen (secondary N) is 1. The summed E-state index contributed by atoms with van der Waals surface area (Å²) < 4.78 is 5.05.